The third-order valence-corrected chi connectivity index (χ3v) is 4.67. The number of carboxylic acids is 1. The Kier molecular flexibility index (Phi) is 5.76. The van der Waals surface area contributed by atoms with E-state index in [-0.39, 0.29) is 17.9 Å². The molecule has 2 rings (SSSR count). The molecule has 0 fully saturated rings. The number of anilines is 1. The highest BCUT2D eigenvalue weighted by Gasteiger charge is 2.25. The van der Waals surface area contributed by atoms with Crippen LogP contribution in [-0.2, 0) is 22.4 Å². The van der Waals surface area contributed by atoms with Crippen LogP contribution in [0.3, 0.4) is 0 Å². The molecule has 1 heterocycles. The predicted octanol–water partition coefficient (Wildman–Crippen LogP) is 3.08. The molecule has 0 bridgehead atoms. The van der Waals surface area contributed by atoms with Crippen LogP contribution in [0, 0.1) is 0 Å². The van der Waals surface area contributed by atoms with Crippen molar-refractivity contribution in [2.24, 2.45) is 0 Å². The smallest absolute Gasteiger partial charge is 0.339 e. The summed E-state index contributed by atoms with van der Waals surface area (Å²) in [6.07, 6.45) is 4.98. The van der Waals surface area contributed by atoms with Crippen LogP contribution < -0.4 is 5.32 Å². The van der Waals surface area contributed by atoms with Crippen LogP contribution in [-0.4, -0.2) is 30.2 Å². The van der Waals surface area contributed by atoms with Crippen molar-refractivity contribution in [2.45, 2.75) is 45.4 Å². The van der Waals surface area contributed by atoms with Crippen molar-refractivity contribution in [1.82, 2.24) is 0 Å². The highest BCUT2D eigenvalue weighted by molar-refractivity contribution is 7.17. The molecule has 6 heteroatoms. The van der Waals surface area contributed by atoms with Gasteiger partial charge in [0.1, 0.15) is 5.00 Å². The van der Waals surface area contributed by atoms with E-state index in [1.807, 2.05) is 6.92 Å². The average molecular weight is 311 g/mol. The number of nitrogens with one attached hydrogen (secondary N) is 1. The van der Waals surface area contributed by atoms with Gasteiger partial charge in [0.25, 0.3) is 0 Å². The number of carbonyl (C=O) groups is 2. The molecule has 1 aromatic heterocycles. The average Bonchev–Trinajstić information content (AvgIpc) is 2.81. The second-order valence-corrected chi connectivity index (χ2v) is 6.24. The zero-order valence-electron chi connectivity index (χ0n) is 12.2. The maximum absolute atomic E-state index is 11.9. The van der Waals surface area contributed by atoms with Crippen LogP contribution in [0.5, 0.6) is 0 Å². The van der Waals surface area contributed by atoms with Crippen LogP contribution in [0.25, 0.3) is 0 Å². The number of thiophene rings is 1. The van der Waals surface area contributed by atoms with E-state index in [1.54, 1.807) is 0 Å². The summed E-state index contributed by atoms with van der Waals surface area (Å²) in [6.45, 7) is 3.02. The van der Waals surface area contributed by atoms with Gasteiger partial charge in [0.05, 0.1) is 18.6 Å². The zero-order chi connectivity index (χ0) is 15.2. The van der Waals surface area contributed by atoms with Gasteiger partial charge in [0.2, 0.25) is 5.91 Å². The van der Waals surface area contributed by atoms with Crippen molar-refractivity contribution >= 4 is 28.2 Å². The molecule has 0 atom stereocenters. The second kappa shape index (κ2) is 7.56. The molecule has 5 nitrogen and oxygen atoms in total. The number of rotatable bonds is 7. The number of aromatic carboxylic acids is 1. The van der Waals surface area contributed by atoms with Gasteiger partial charge < -0.3 is 15.2 Å². The Morgan fingerprint density at radius 1 is 1.29 bits per heavy atom. The minimum absolute atomic E-state index is 0.188. The lowest BCUT2D eigenvalue weighted by Crippen LogP contribution is -2.16. The van der Waals surface area contributed by atoms with Crippen molar-refractivity contribution in [3.8, 4) is 0 Å². The molecule has 0 radical (unpaired) electrons. The summed E-state index contributed by atoms with van der Waals surface area (Å²) in [5.74, 6) is -1.14. The van der Waals surface area contributed by atoms with Gasteiger partial charge in [-0.25, -0.2) is 4.79 Å². The number of hydrogen-bond acceptors (Lipinski definition) is 4. The molecule has 1 amide bonds. The first-order chi connectivity index (χ1) is 10.1. The topological polar surface area (TPSA) is 75.6 Å². The predicted molar refractivity (Wildman–Crippen MR) is 82.3 cm³/mol. The van der Waals surface area contributed by atoms with E-state index in [0.29, 0.717) is 18.2 Å². The molecule has 0 saturated carbocycles. The van der Waals surface area contributed by atoms with Gasteiger partial charge in [-0.2, -0.15) is 0 Å². The van der Waals surface area contributed by atoms with Gasteiger partial charge in [0.15, 0.2) is 0 Å². The number of amides is 1. The van der Waals surface area contributed by atoms with Gasteiger partial charge in [-0.05, 0) is 37.7 Å². The normalized spacial score (nSPS) is 13.8. The van der Waals surface area contributed by atoms with Crippen LogP contribution in [0.15, 0.2) is 0 Å². The van der Waals surface area contributed by atoms with Crippen molar-refractivity contribution in [3.05, 3.63) is 16.0 Å². The lowest BCUT2D eigenvalue weighted by Gasteiger charge is -2.10. The summed E-state index contributed by atoms with van der Waals surface area (Å²) in [4.78, 5) is 24.5. The molecule has 0 aromatic carbocycles. The summed E-state index contributed by atoms with van der Waals surface area (Å²) in [7, 11) is 0. The Morgan fingerprint density at radius 3 is 2.76 bits per heavy atom. The molecular weight excluding hydrogens is 290 g/mol. The standard InChI is InChI=1S/C15H21NO4S/c1-2-8-20-9-7-12(17)16-14-13(15(18)19)10-5-3-4-6-11(10)21-14/h2-9H2,1H3,(H,16,17)(H,18,19). The largest absolute Gasteiger partial charge is 0.478 e. The van der Waals surface area contributed by atoms with Gasteiger partial charge >= 0.3 is 5.97 Å². The van der Waals surface area contributed by atoms with E-state index < -0.39 is 5.97 Å². The Hall–Kier alpha value is -1.40. The fourth-order valence-corrected chi connectivity index (χ4v) is 3.78. The fourth-order valence-electron chi connectivity index (χ4n) is 2.48. The Bertz CT molecular complexity index is 524. The van der Waals surface area contributed by atoms with E-state index in [0.717, 1.165) is 42.5 Å². The van der Waals surface area contributed by atoms with E-state index in [2.05, 4.69) is 5.32 Å². The molecular formula is C15H21NO4S. The second-order valence-electron chi connectivity index (χ2n) is 5.13. The minimum Gasteiger partial charge on any atom is -0.478 e. The third-order valence-electron chi connectivity index (χ3n) is 3.46. The lowest BCUT2D eigenvalue weighted by molar-refractivity contribution is -0.117. The number of carboxylic acid groups (broad SMARTS) is 1. The number of ether oxygens (including phenoxy) is 1. The van der Waals surface area contributed by atoms with E-state index in [4.69, 9.17) is 4.74 Å². The molecule has 116 valence electrons. The molecule has 21 heavy (non-hydrogen) atoms. The van der Waals surface area contributed by atoms with Crippen molar-refractivity contribution in [3.63, 3.8) is 0 Å². The Labute approximate surface area is 128 Å². The highest BCUT2D eigenvalue weighted by Crippen LogP contribution is 2.38. The van der Waals surface area contributed by atoms with E-state index in [1.165, 1.54) is 11.3 Å². The highest BCUT2D eigenvalue weighted by atomic mass is 32.1. The van der Waals surface area contributed by atoms with Crippen molar-refractivity contribution in [1.29, 1.82) is 0 Å². The molecule has 0 aliphatic heterocycles. The summed E-state index contributed by atoms with van der Waals surface area (Å²) in [5, 5.41) is 12.6. The van der Waals surface area contributed by atoms with Crippen LogP contribution in [0.2, 0.25) is 0 Å². The first-order valence-electron chi connectivity index (χ1n) is 7.39. The summed E-state index contributed by atoms with van der Waals surface area (Å²) >= 11 is 1.41. The van der Waals surface area contributed by atoms with Gasteiger partial charge in [-0.15, -0.1) is 11.3 Å². The molecule has 0 saturated heterocycles. The van der Waals surface area contributed by atoms with Crippen LogP contribution in [0.4, 0.5) is 5.00 Å². The van der Waals surface area contributed by atoms with E-state index >= 15 is 0 Å². The van der Waals surface area contributed by atoms with Crippen molar-refractivity contribution in [2.75, 3.05) is 18.5 Å². The number of carbonyl (C=O) groups excluding carboxylic acids is 1. The maximum atomic E-state index is 11.9. The van der Waals surface area contributed by atoms with Gasteiger partial charge in [-0.1, -0.05) is 6.92 Å². The summed E-state index contributed by atoms with van der Waals surface area (Å²) in [6, 6.07) is 0. The third kappa shape index (κ3) is 4.04. The summed E-state index contributed by atoms with van der Waals surface area (Å²) in [5.41, 5.74) is 1.20. The molecule has 0 spiro atoms. The molecule has 1 aliphatic rings. The molecule has 1 aromatic rings. The first kappa shape index (κ1) is 16.0. The minimum atomic E-state index is -0.952. The fraction of sp³-hybridized carbons (Fsp3) is 0.600. The number of fused-ring (bicyclic) bond motifs is 1. The Morgan fingerprint density at radius 2 is 2.05 bits per heavy atom. The van der Waals surface area contributed by atoms with Crippen LogP contribution in [0.1, 0.15) is 53.4 Å². The SMILES string of the molecule is CCCOCCC(=O)Nc1sc2c(c1C(=O)O)CCCC2. The van der Waals surface area contributed by atoms with Gasteiger partial charge in [-0.3, -0.25) is 4.79 Å². The molecule has 1 aliphatic carbocycles. The number of aryl methyl sites for hydroxylation is 1. The Balaban J connectivity index is 2.04. The number of hydrogen-bond donors (Lipinski definition) is 2. The van der Waals surface area contributed by atoms with Gasteiger partial charge in [0, 0.05) is 11.5 Å². The molecule has 0 unspecified atom stereocenters. The summed E-state index contributed by atoms with van der Waals surface area (Å²) < 4.78 is 5.28. The first-order valence-corrected chi connectivity index (χ1v) is 8.20. The van der Waals surface area contributed by atoms with Crippen molar-refractivity contribution < 1.29 is 19.4 Å². The maximum Gasteiger partial charge on any atom is 0.339 e. The monoisotopic (exact) mass is 311 g/mol. The molecule has 2 N–H and O–H groups in total. The lowest BCUT2D eigenvalue weighted by atomic mass is 9.95. The zero-order valence-corrected chi connectivity index (χ0v) is 13.1. The quantitative estimate of drug-likeness (QED) is 0.759. The van der Waals surface area contributed by atoms with Crippen LogP contribution >= 0.6 is 11.3 Å². The van der Waals surface area contributed by atoms with E-state index in [9.17, 15) is 14.7 Å².